The number of benzene rings is 1. The van der Waals surface area contributed by atoms with Gasteiger partial charge in [0.1, 0.15) is 0 Å². The third kappa shape index (κ3) is 5.27. The summed E-state index contributed by atoms with van der Waals surface area (Å²) < 4.78 is 27.0. The Kier molecular flexibility index (Phi) is 5.92. The van der Waals surface area contributed by atoms with Gasteiger partial charge in [-0.1, -0.05) is 22.0 Å². The van der Waals surface area contributed by atoms with E-state index in [4.69, 9.17) is 0 Å². The number of nitrogens with one attached hydrogen (secondary N) is 2. The second kappa shape index (κ2) is 6.99. The number of carbonyl (C=O) groups excluding carboxylic acids is 1. The molecule has 0 heterocycles. The van der Waals surface area contributed by atoms with Crippen LogP contribution >= 0.6 is 15.9 Å². The van der Waals surface area contributed by atoms with Crippen molar-refractivity contribution in [2.24, 2.45) is 0 Å². The van der Waals surface area contributed by atoms with Crippen LogP contribution in [0.5, 0.6) is 0 Å². The molecule has 0 aliphatic heterocycles. The minimum Gasteiger partial charge on any atom is -0.351 e. The Hall–Kier alpha value is -0.960. The van der Waals surface area contributed by atoms with Crippen LogP contribution in [0.4, 0.5) is 0 Å². The third-order valence-electron chi connectivity index (χ3n) is 2.26. The summed E-state index contributed by atoms with van der Waals surface area (Å²) in [5.41, 5.74) is 0.518. The number of nitrogens with zero attached hydrogens (tertiary/aromatic N) is 1. The van der Waals surface area contributed by atoms with Crippen LogP contribution < -0.4 is 10.0 Å². The van der Waals surface area contributed by atoms with Gasteiger partial charge in [0.25, 0.3) is 16.1 Å². The highest BCUT2D eigenvalue weighted by Gasteiger charge is 2.12. The molecule has 0 bridgehead atoms. The molecule has 0 fully saturated rings. The zero-order valence-corrected chi connectivity index (χ0v) is 13.1. The lowest BCUT2D eigenvalue weighted by Gasteiger charge is -2.12. The molecule has 0 saturated heterocycles. The van der Waals surface area contributed by atoms with Gasteiger partial charge in [-0.05, 0) is 18.2 Å². The molecule has 1 aromatic rings. The van der Waals surface area contributed by atoms with E-state index in [0.29, 0.717) is 5.56 Å². The summed E-state index contributed by atoms with van der Waals surface area (Å²) >= 11 is 3.28. The fraction of sp³-hybridized carbons (Fsp3) is 0.364. The van der Waals surface area contributed by atoms with E-state index in [0.717, 1.165) is 8.78 Å². The number of halogens is 1. The maximum atomic E-state index is 11.7. The van der Waals surface area contributed by atoms with Gasteiger partial charge in [-0.2, -0.15) is 12.7 Å². The predicted octanol–water partition coefficient (Wildman–Crippen LogP) is 0.575. The first-order valence-electron chi connectivity index (χ1n) is 5.54. The molecule has 6 nitrogen and oxygen atoms in total. The van der Waals surface area contributed by atoms with E-state index < -0.39 is 10.2 Å². The first-order chi connectivity index (χ1) is 8.83. The minimum atomic E-state index is -3.44. The molecule has 2 N–H and O–H groups in total. The highest BCUT2D eigenvalue weighted by molar-refractivity contribution is 9.10. The standard InChI is InChI=1S/C11H16BrN3O3S/c1-15(2)19(17,18)14-7-6-13-11(16)9-4-3-5-10(12)8-9/h3-5,8,14H,6-7H2,1-2H3,(H,13,16). The van der Waals surface area contributed by atoms with Crippen molar-refractivity contribution in [1.82, 2.24) is 14.3 Å². The maximum Gasteiger partial charge on any atom is 0.278 e. The van der Waals surface area contributed by atoms with Gasteiger partial charge in [0.15, 0.2) is 0 Å². The van der Waals surface area contributed by atoms with E-state index in [9.17, 15) is 13.2 Å². The first-order valence-corrected chi connectivity index (χ1v) is 7.77. The lowest BCUT2D eigenvalue weighted by Crippen LogP contribution is -2.40. The van der Waals surface area contributed by atoms with Crippen LogP contribution in [0.25, 0.3) is 0 Å². The molecular formula is C11H16BrN3O3S. The molecule has 8 heteroatoms. The van der Waals surface area contributed by atoms with E-state index in [2.05, 4.69) is 26.0 Å². The fourth-order valence-corrected chi connectivity index (χ4v) is 2.23. The Morgan fingerprint density at radius 3 is 2.58 bits per heavy atom. The van der Waals surface area contributed by atoms with Crippen molar-refractivity contribution in [2.45, 2.75) is 0 Å². The molecule has 0 spiro atoms. The Balaban J connectivity index is 2.40. The van der Waals surface area contributed by atoms with E-state index in [-0.39, 0.29) is 19.0 Å². The number of carbonyl (C=O) groups is 1. The SMILES string of the molecule is CN(C)S(=O)(=O)NCCNC(=O)c1cccc(Br)c1. The number of hydrogen-bond acceptors (Lipinski definition) is 3. The highest BCUT2D eigenvalue weighted by Crippen LogP contribution is 2.11. The number of rotatable bonds is 6. The molecule has 19 heavy (non-hydrogen) atoms. The van der Waals surface area contributed by atoms with E-state index >= 15 is 0 Å². The van der Waals surface area contributed by atoms with Crippen LogP contribution in [0, 0.1) is 0 Å². The minimum absolute atomic E-state index is 0.139. The zero-order chi connectivity index (χ0) is 14.5. The van der Waals surface area contributed by atoms with Crippen LogP contribution in [-0.2, 0) is 10.2 Å². The normalized spacial score (nSPS) is 11.6. The molecule has 1 aromatic carbocycles. The summed E-state index contributed by atoms with van der Waals surface area (Å²) in [4.78, 5) is 11.7. The van der Waals surface area contributed by atoms with Crippen LogP contribution in [0.1, 0.15) is 10.4 Å². The Morgan fingerprint density at radius 1 is 1.32 bits per heavy atom. The Labute approximate surface area is 121 Å². The lowest BCUT2D eigenvalue weighted by atomic mass is 10.2. The summed E-state index contributed by atoms with van der Waals surface area (Å²) in [6, 6.07) is 6.96. The number of hydrogen-bond donors (Lipinski definition) is 2. The van der Waals surface area contributed by atoms with Crippen LogP contribution in [0.3, 0.4) is 0 Å². The second-order valence-corrected chi connectivity index (χ2v) is 6.83. The predicted molar refractivity (Wildman–Crippen MR) is 77.1 cm³/mol. The number of amides is 1. The average molecular weight is 350 g/mol. The lowest BCUT2D eigenvalue weighted by molar-refractivity contribution is 0.0954. The largest absolute Gasteiger partial charge is 0.351 e. The molecular weight excluding hydrogens is 334 g/mol. The Morgan fingerprint density at radius 2 is 2.00 bits per heavy atom. The van der Waals surface area contributed by atoms with Crippen molar-refractivity contribution in [3.8, 4) is 0 Å². The van der Waals surface area contributed by atoms with Gasteiger partial charge in [0.2, 0.25) is 0 Å². The van der Waals surface area contributed by atoms with Gasteiger partial charge in [-0.3, -0.25) is 4.79 Å². The van der Waals surface area contributed by atoms with Gasteiger partial charge in [0.05, 0.1) is 0 Å². The van der Waals surface area contributed by atoms with Crippen LogP contribution in [0.15, 0.2) is 28.7 Å². The smallest absolute Gasteiger partial charge is 0.278 e. The molecule has 0 aliphatic carbocycles. The van der Waals surface area contributed by atoms with Crippen molar-refractivity contribution in [1.29, 1.82) is 0 Å². The molecule has 1 rings (SSSR count). The molecule has 0 aromatic heterocycles. The van der Waals surface area contributed by atoms with Crippen LogP contribution in [-0.4, -0.2) is 45.8 Å². The van der Waals surface area contributed by atoms with E-state index in [1.165, 1.54) is 14.1 Å². The van der Waals surface area contributed by atoms with Crippen molar-refractivity contribution < 1.29 is 13.2 Å². The highest BCUT2D eigenvalue weighted by atomic mass is 79.9. The van der Waals surface area contributed by atoms with Gasteiger partial charge < -0.3 is 5.32 Å². The molecule has 0 unspecified atom stereocenters. The van der Waals surface area contributed by atoms with E-state index in [1.807, 2.05) is 6.07 Å². The second-order valence-electron chi connectivity index (χ2n) is 3.95. The molecule has 0 aliphatic rings. The molecule has 0 saturated carbocycles. The summed E-state index contributed by atoms with van der Waals surface area (Å²) in [7, 11) is -0.577. The molecule has 0 radical (unpaired) electrons. The van der Waals surface area contributed by atoms with Gasteiger partial charge in [0, 0.05) is 37.2 Å². The van der Waals surface area contributed by atoms with E-state index in [1.54, 1.807) is 18.2 Å². The molecule has 106 valence electrons. The summed E-state index contributed by atoms with van der Waals surface area (Å²) in [5, 5.41) is 2.63. The average Bonchev–Trinajstić information content (AvgIpc) is 2.34. The fourth-order valence-electron chi connectivity index (χ4n) is 1.22. The monoisotopic (exact) mass is 349 g/mol. The van der Waals surface area contributed by atoms with Crippen molar-refractivity contribution in [3.05, 3.63) is 34.3 Å². The van der Waals surface area contributed by atoms with Gasteiger partial charge in [-0.15, -0.1) is 0 Å². The van der Waals surface area contributed by atoms with Crippen molar-refractivity contribution >= 4 is 32.0 Å². The zero-order valence-electron chi connectivity index (χ0n) is 10.7. The molecule has 1 amide bonds. The van der Waals surface area contributed by atoms with Crippen LogP contribution in [0.2, 0.25) is 0 Å². The van der Waals surface area contributed by atoms with Crippen molar-refractivity contribution in [3.63, 3.8) is 0 Å². The third-order valence-corrected chi connectivity index (χ3v) is 4.29. The van der Waals surface area contributed by atoms with Gasteiger partial charge in [-0.25, -0.2) is 4.72 Å². The quantitative estimate of drug-likeness (QED) is 0.737. The topological polar surface area (TPSA) is 78.5 Å². The van der Waals surface area contributed by atoms with Crippen molar-refractivity contribution in [2.75, 3.05) is 27.2 Å². The van der Waals surface area contributed by atoms with Gasteiger partial charge >= 0.3 is 0 Å². The Bertz CT molecular complexity index is 546. The molecule has 0 atom stereocenters. The first kappa shape index (κ1) is 16.1. The summed E-state index contributed by atoms with van der Waals surface area (Å²) in [6.45, 7) is 0.360. The maximum absolute atomic E-state index is 11.7. The summed E-state index contributed by atoms with van der Waals surface area (Å²) in [6.07, 6.45) is 0. The summed E-state index contributed by atoms with van der Waals surface area (Å²) in [5.74, 6) is -0.245.